The van der Waals surface area contributed by atoms with E-state index < -0.39 is 6.04 Å². The molecule has 0 saturated carbocycles. The minimum atomic E-state index is -0.443. The number of nitrogens with zero attached hydrogens (tertiary/aromatic N) is 1. The minimum Gasteiger partial charge on any atom is -0.394 e. The van der Waals surface area contributed by atoms with Gasteiger partial charge in [0.05, 0.1) is 23.7 Å². The Morgan fingerprint density at radius 2 is 2.36 bits per heavy atom. The number of aliphatic hydroxyl groups is 1. The van der Waals surface area contributed by atoms with Gasteiger partial charge in [0.15, 0.2) is 0 Å². The van der Waals surface area contributed by atoms with Crippen molar-refractivity contribution in [1.82, 2.24) is 9.97 Å². The fourth-order valence-electron chi connectivity index (χ4n) is 1.26. The van der Waals surface area contributed by atoms with Crippen molar-refractivity contribution in [3.05, 3.63) is 28.5 Å². The van der Waals surface area contributed by atoms with Crippen LogP contribution in [0.4, 0.5) is 0 Å². The van der Waals surface area contributed by atoms with E-state index in [-0.39, 0.29) is 6.61 Å². The first kappa shape index (κ1) is 9.64. The Labute approximate surface area is 89.3 Å². The van der Waals surface area contributed by atoms with Crippen LogP contribution < -0.4 is 5.73 Å². The van der Waals surface area contributed by atoms with Gasteiger partial charge in [-0.2, -0.15) is 0 Å². The third kappa shape index (κ3) is 1.66. The molecular formula is C9H10BrN3O. The number of nitrogens with one attached hydrogen (secondary N) is 1. The van der Waals surface area contributed by atoms with Gasteiger partial charge in [-0.3, -0.25) is 0 Å². The highest BCUT2D eigenvalue weighted by Gasteiger charge is 2.09. The lowest BCUT2D eigenvalue weighted by Crippen LogP contribution is -2.15. The predicted molar refractivity (Wildman–Crippen MR) is 57.8 cm³/mol. The van der Waals surface area contributed by atoms with Crippen molar-refractivity contribution in [3.63, 3.8) is 0 Å². The number of rotatable bonds is 2. The molecule has 0 bridgehead atoms. The van der Waals surface area contributed by atoms with E-state index in [4.69, 9.17) is 10.8 Å². The molecule has 5 heteroatoms. The van der Waals surface area contributed by atoms with Crippen molar-refractivity contribution in [3.8, 4) is 0 Å². The minimum absolute atomic E-state index is 0.110. The summed E-state index contributed by atoms with van der Waals surface area (Å²) >= 11 is 3.37. The molecule has 4 N–H and O–H groups in total. The van der Waals surface area contributed by atoms with Crippen LogP contribution in [0.25, 0.3) is 11.0 Å². The van der Waals surface area contributed by atoms with Crippen LogP contribution in [0.15, 0.2) is 22.7 Å². The van der Waals surface area contributed by atoms with E-state index in [1.807, 2.05) is 18.2 Å². The summed E-state index contributed by atoms with van der Waals surface area (Å²) < 4.78 is 0.984. The average molecular weight is 256 g/mol. The molecule has 0 saturated heterocycles. The lowest BCUT2D eigenvalue weighted by molar-refractivity contribution is 0.264. The number of benzene rings is 1. The van der Waals surface area contributed by atoms with E-state index in [0.29, 0.717) is 5.82 Å². The summed E-state index contributed by atoms with van der Waals surface area (Å²) in [5.74, 6) is 0.612. The van der Waals surface area contributed by atoms with E-state index in [2.05, 4.69) is 25.9 Å². The molecule has 0 spiro atoms. The molecule has 0 fully saturated rings. The number of nitrogens with two attached hydrogens (primary N) is 1. The quantitative estimate of drug-likeness (QED) is 0.758. The van der Waals surface area contributed by atoms with Crippen molar-refractivity contribution in [1.29, 1.82) is 0 Å². The van der Waals surface area contributed by atoms with E-state index in [0.717, 1.165) is 15.5 Å². The first-order valence-corrected chi connectivity index (χ1v) is 5.01. The van der Waals surface area contributed by atoms with E-state index in [9.17, 15) is 0 Å². The summed E-state index contributed by atoms with van der Waals surface area (Å²) in [6.07, 6.45) is 0. The Kier molecular flexibility index (Phi) is 2.54. The third-order valence-corrected chi connectivity index (χ3v) is 2.50. The fraction of sp³-hybridized carbons (Fsp3) is 0.222. The van der Waals surface area contributed by atoms with Gasteiger partial charge in [0.2, 0.25) is 0 Å². The summed E-state index contributed by atoms with van der Waals surface area (Å²) in [6.45, 7) is -0.110. The summed E-state index contributed by atoms with van der Waals surface area (Å²) in [7, 11) is 0. The van der Waals surface area contributed by atoms with Gasteiger partial charge < -0.3 is 15.8 Å². The molecule has 14 heavy (non-hydrogen) atoms. The van der Waals surface area contributed by atoms with Gasteiger partial charge in [-0.25, -0.2) is 4.98 Å². The second kappa shape index (κ2) is 3.68. The maximum Gasteiger partial charge on any atom is 0.126 e. The van der Waals surface area contributed by atoms with E-state index in [1.165, 1.54) is 0 Å². The molecule has 1 atom stereocenters. The van der Waals surface area contributed by atoms with Crippen molar-refractivity contribution < 1.29 is 5.11 Å². The van der Waals surface area contributed by atoms with Gasteiger partial charge in [-0.05, 0) is 18.2 Å². The summed E-state index contributed by atoms with van der Waals surface area (Å²) in [5, 5.41) is 8.87. The largest absolute Gasteiger partial charge is 0.394 e. The van der Waals surface area contributed by atoms with Gasteiger partial charge in [0.25, 0.3) is 0 Å². The number of imidazole rings is 1. The molecular weight excluding hydrogens is 246 g/mol. The van der Waals surface area contributed by atoms with Crippen LogP contribution in [0.5, 0.6) is 0 Å². The molecule has 0 aliphatic heterocycles. The average Bonchev–Trinajstić information content (AvgIpc) is 2.59. The van der Waals surface area contributed by atoms with Gasteiger partial charge >= 0.3 is 0 Å². The highest BCUT2D eigenvalue weighted by molar-refractivity contribution is 9.10. The maximum absolute atomic E-state index is 8.87. The predicted octanol–water partition coefficient (Wildman–Crippen LogP) is 1.32. The van der Waals surface area contributed by atoms with Gasteiger partial charge in [-0.15, -0.1) is 0 Å². The second-order valence-corrected chi connectivity index (χ2v) is 3.99. The number of aromatic amines is 1. The first-order chi connectivity index (χ1) is 6.70. The SMILES string of the molecule is N[C@@H](CO)c1nc2ccc(Br)cc2[nH]1. The molecule has 1 aromatic carbocycles. The lowest BCUT2D eigenvalue weighted by atomic mass is 10.3. The number of halogens is 1. The Hall–Kier alpha value is -0.910. The normalized spacial score (nSPS) is 13.4. The lowest BCUT2D eigenvalue weighted by Gasteiger charge is -2.01. The van der Waals surface area contributed by atoms with E-state index >= 15 is 0 Å². The van der Waals surface area contributed by atoms with Crippen LogP contribution in [0.3, 0.4) is 0 Å². The molecule has 0 aliphatic carbocycles. The Morgan fingerprint density at radius 3 is 3.07 bits per heavy atom. The number of hydrogen-bond donors (Lipinski definition) is 3. The molecule has 4 nitrogen and oxygen atoms in total. The van der Waals surface area contributed by atoms with Crippen molar-refractivity contribution in [2.24, 2.45) is 5.73 Å². The monoisotopic (exact) mass is 255 g/mol. The number of fused-ring (bicyclic) bond motifs is 1. The summed E-state index contributed by atoms with van der Waals surface area (Å²) in [6, 6.07) is 5.29. The van der Waals surface area contributed by atoms with Crippen LogP contribution in [-0.2, 0) is 0 Å². The number of H-pyrrole nitrogens is 1. The molecule has 1 heterocycles. The van der Waals surface area contributed by atoms with Crippen molar-refractivity contribution in [2.45, 2.75) is 6.04 Å². The van der Waals surface area contributed by atoms with Gasteiger partial charge in [-0.1, -0.05) is 15.9 Å². The first-order valence-electron chi connectivity index (χ1n) is 4.22. The van der Waals surface area contributed by atoms with Crippen LogP contribution in [0.1, 0.15) is 11.9 Å². The topological polar surface area (TPSA) is 74.9 Å². The number of aliphatic hydroxyl groups excluding tert-OH is 1. The van der Waals surface area contributed by atoms with Crippen molar-refractivity contribution >= 4 is 27.0 Å². The molecule has 0 unspecified atom stereocenters. The molecule has 0 amide bonds. The zero-order valence-corrected chi connectivity index (χ0v) is 8.95. The molecule has 1 aromatic heterocycles. The maximum atomic E-state index is 8.87. The summed E-state index contributed by atoms with van der Waals surface area (Å²) in [5.41, 5.74) is 7.41. The van der Waals surface area contributed by atoms with E-state index in [1.54, 1.807) is 0 Å². The second-order valence-electron chi connectivity index (χ2n) is 3.07. The fourth-order valence-corrected chi connectivity index (χ4v) is 1.62. The molecule has 2 aromatic rings. The van der Waals surface area contributed by atoms with Gasteiger partial charge in [0.1, 0.15) is 5.82 Å². The van der Waals surface area contributed by atoms with Crippen LogP contribution >= 0.6 is 15.9 Å². The zero-order chi connectivity index (χ0) is 10.1. The highest BCUT2D eigenvalue weighted by Crippen LogP contribution is 2.19. The molecule has 0 radical (unpaired) electrons. The number of aromatic nitrogens is 2. The standard InChI is InChI=1S/C9H10BrN3O/c10-5-1-2-7-8(3-5)13-9(12-7)6(11)4-14/h1-3,6,14H,4,11H2,(H,12,13)/t6-/m0/s1. The smallest absolute Gasteiger partial charge is 0.126 e. The highest BCUT2D eigenvalue weighted by atomic mass is 79.9. The summed E-state index contributed by atoms with van der Waals surface area (Å²) in [4.78, 5) is 7.32. The molecule has 74 valence electrons. The Balaban J connectivity index is 2.51. The van der Waals surface area contributed by atoms with Gasteiger partial charge in [0, 0.05) is 4.47 Å². The van der Waals surface area contributed by atoms with Crippen LogP contribution in [0, 0.1) is 0 Å². The Bertz CT molecular complexity index is 454. The Morgan fingerprint density at radius 1 is 1.57 bits per heavy atom. The zero-order valence-electron chi connectivity index (χ0n) is 7.37. The van der Waals surface area contributed by atoms with Crippen LogP contribution in [-0.4, -0.2) is 21.7 Å². The third-order valence-electron chi connectivity index (χ3n) is 2.01. The van der Waals surface area contributed by atoms with Crippen molar-refractivity contribution in [2.75, 3.05) is 6.61 Å². The molecule has 0 aliphatic rings. The molecule has 2 rings (SSSR count). The van der Waals surface area contributed by atoms with Crippen LogP contribution in [0.2, 0.25) is 0 Å². The number of hydrogen-bond acceptors (Lipinski definition) is 3.